The van der Waals surface area contributed by atoms with Crippen LogP contribution >= 0.6 is 0 Å². The summed E-state index contributed by atoms with van der Waals surface area (Å²) in [5.74, 6) is 0. The molecule has 0 amide bonds. The summed E-state index contributed by atoms with van der Waals surface area (Å²) >= 11 is 0. The monoisotopic (exact) mass is 534 g/mol. The van der Waals surface area contributed by atoms with Gasteiger partial charge in [0.15, 0.2) is 0 Å². The highest BCUT2D eigenvalue weighted by Gasteiger charge is 2.60. The molecular formula is C27H58N4O6. The van der Waals surface area contributed by atoms with Crippen LogP contribution in [0, 0.1) is 5.41 Å². The van der Waals surface area contributed by atoms with Crippen LogP contribution in [0.3, 0.4) is 0 Å². The lowest BCUT2D eigenvalue weighted by Crippen LogP contribution is -2.83. The third-order valence-electron chi connectivity index (χ3n) is 6.30. The van der Waals surface area contributed by atoms with E-state index in [0.29, 0.717) is 86.2 Å². The van der Waals surface area contributed by atoms with Crippen molar-refractivity contribution in [3.8, 4) is 0 Å². The maximum absolute atomic E-state index is 7.48. The van der Waals surface area contributed by atoms with Crippen molar-refractivity contribution >= 4 is 0 Å². The van der Waals surface area contributed by atoms with E-state index in [0.717, 1.165) is 38.5 Å². The number of hydrogen-bond donors (Lipinski definition) is 1. The minimum atomic E-state index is -0.964. The highest BCUT2D eigenvalue weighted by atomic mass is 16.5. The van der Waals surface area contributed by atoms with Crippen LogP contribution in [0.1, 0.15) is 80.1 Å². The topological polar surface area (TPSA) is 91.1 Å². The summed E-state index contributed by atoms with van der Waals surface area (Å²) in [4.78, 5) is 0. The molecule has 10 nitrogen and oxygen atoms in total. The zero-order valence-electron chi connectivity index (χ0n) is 24.8. The molecule has 222 valence electrons. The minimum absolute atomic E-state index is 0.295. The van der Waals surface area contributed by atoms with Crippen LogP contribution in [0.25, 0.3) is 0 Å². The number of nitrogens with zero attached hydrogens (tertiary/aromatic N) is 3. The van der Waals surface area contributed by atoms with Gasteiger partial charge in [0.05, 0.1) is 25.2 Å². The zero-order chi connectivity index (χ0) is 27.4. The van der Waals surface area contributed by atoms with Crippen LogP contribution in [0.4, 0.5) is 0 Å². The first-order valence-corrected chi connectivity index (χ1v) is 14.5. The summed E-state index contributed by atoms with van der Waals surface area (Å²) in [6.07, 6.45) is 5.56. The largest absolute Gasteiger partial charge is 0.381 e. The van der Waals surface area contributed by atoms with E-state index in [9.17, 15) is 0 Å². The molecule has 1 fully saturated rings. The second-order valence-electron chi connectivity index (χ2n) is 9.91. The van der Waals surface area contributed by atoms with Gasteiger partial charge in [0.25, 0.3) is 0 Å². The molecule has 10 heteroatoms. The normalized spacial score (nSPS) is 21.2. The van der Waals surface area contributed by atoms with Gasteiger partial charge in [-0.1, -0.05) is 41.5 Å². The Labute approximate surface area is 226 Å². The average molecular weight is 535 g/mol. The molecule has 1 unspecified atom stereocenters. The van der Waals surface area contributed by atoms with Crippen LogP contribution in [0.15, 0.2) is 0 Å². The molecular weight excluding hydrogens is 476 g/mol. The highest BCUT2D eigenvalue weighted by Crippen LogP contribution is 2.41. The Morgan fingerprint density at radius 1 is 0.541 bits per heavy atom. The molecule has 1 atom stereocenters. The van der Waals surface area contributed by atoms with Crippen molar-refractivity contribution in [2.45, 2.75) is 85.7 Å². The van der Waals surface area contributed by atoms with Gasteiger partial charge >= 0.3 is 0 Å². The quantitative estimate of drug-likeness (QED) is 0.184. The fourth-order valence-corrected chi connectivity index (χ4v) is 4.35. The Hall–Kier alpha value is -0.400. The molecule has 0 spiro atoms. The van der Waals surface area contributed by atoms with Gasteiger partial charge in [-0.25, -0.2) is 0 Å². The van der Waals surface area contributed by atoms with Crippen LogP contribution in [0.2, 0.25) is 0 Å². The summed E-state index contributed by atoms with van der Waals surface area (Å²) in [5, 5.41) is 6.28. The Kier molecular flexibility index (Phi) is 19.2. The SMILES string of the molecule is CCCOCN1CC(COCCC)(COCCC)C(N)(COCCC)N(COCCC)N1COCCC. The molecule has 1 aliphatic heterocycles. The molecule has 0 aromatic heterocycles. The molecule has 1 aliphatic rings. The predicted octanol–water partition coefficient (Wildman–Crippen LogP) is 3.81. The zero-order valence-corrected chi connectivity index (χ0v) is 24.8. The van der Waals surface area contributed by atoms with Crippen LogP contribution in [-0.2, 0) is 28.4 Å². The van der Waals surface area contributed by atoms with Gasteiger partial charge in [-0.3, -0.25) is 0 Å². The first kappa shape index (κ1) is 34.6. The Morgan fingerprint density at radius 3 is 1.43 bits per heavy atom. The van der Waals surface area contributed by atoms with Crippen molar-refractivity contribution in [1.82, 2.24) is 15.1 Å². The molecule has 0 saturated carbocycles. The molecule has 1 heterocycles. The summed E-state index contributed by atoms with van der Waals surface area (Å²) < 4.78 is 36.9. The summed E-state index contributed by atoms with van der Waals surface area (Å²) in [7, 11) is 0. The lowest BCUT2D eigenvalue weighted by molar-refractivity contribution is -0.377. The molecule has 0 aromatic carbocycles. The van der Waals surface area contributed by atoms with E-state index in [4.69, 9.17) is 34.2 Å². The lowest BCUT2D eigenvalue weighted by atomic mass is 9.75. The number of nitrogens with two attached hydrogens (primary N) is 1. The van der Waals surface area contributed by atoms with Gasteiger partial charge in [0, 0.05) is 46.2 Å². The average Bonchev–Trinajstić information content (AvgIpc) is 2.89. The van der Waals surface area contributed by atoms with Crippen LogP contribution in [0.5, 0.6) is 0 Å². The van der Waals surface area contributed by atoms with Crippen LogP contribution in [-0.4, -0.2) is 107 Å². The summed E-state index contributed by atoms with van der Waals surface area (Å²) in [6, 6.07) is 0. The third kappa shape index (κ3) is 10.9. The molecule has 37 heavy (non-hydrogen) atoms. The Bertz CT molecular complexity index is 537. The first-order valence-electron chi connectivity index (χ1n) is 14.5. The van der Waals surface area contributed by atoms with E-state index in [1.165, 1.54) is 0 Å². The smallest absolute Gasteiger partial charge is 0.127 e. The minimum Gasteiger partial charge on any atom is -0.381 e. The van der Waals surface area contributed by atoms with Crippen molar-refractivity contribution in [3.63, 3.8) is 0 Å². The second kappa shape index (κ2) is 20.5. The number of hydrogen-bond acceptors (Lipinski definition) is 10. The first-order chi connectivity index (χ1) is 18.0. The van der Waals surface area contributed by atoms with Gasteiger partial charge in [-0.2, -0.15) is 10.0 Å². The summed E-state index contributed by atoms with van der Waals surface area (Å²) in [5.41, 5.74) is 5.91. The van der Waals surface area contributed by atoms with Crippen molar-refractivity contribution < 1.29 is 28.4 Å². The molecule has 0 bridgehead atoms. The van der Waals surface area contributed by atoms with Gasteiger partial charge in [-0.15, -0.1) is 5.12 Å². The van der Waals surface area contributed by atoms with Crippen molar-refractivity contribution in [2.75, 3.05) is 86.2 Å². The number of hydrazine groups is 2. The second-order valence-corrected chi connectivity index (χ2v) is 9.91. The molecule has 1 rings (SSSR count). The Morgan fingerprint density at radius 2 is 0.946 bits per heavy atom. The van der Waals surface area contributed by atoms with Gasteiger partial charge in [0.2, 0.25) is 0 Å². The van der Waals surface area contributed by atoms with E-state index in [2.05, 4.69) is 51.6 Å². The fourth-order valence-electron chi connectivity index (χ4n) is 4.35. The van der Waals surface area contributed by atoms with Gasteiger partial charge in [-0.05, 0) is 38.5 Å². The Balaban J connectivity index is 3.54. The summed E-state index contributed by atoms with van der Waals surface area (Å²) in [6.45, 7) is 19.4. The molecule has 2 N–H and O–H groups in total. The molecule has 0 aromatic rings. The van der Waals surface area contributed by atoms with E-state index in [-0.39, 0.29) is 0 Å². The lowest BCUT2D eigenvalue weighted by Gasteiger charge is -2.62. The third-order valence-corrected chi connectivity index (χ3v) is 6.30. The predicted molar refractivity (Wildman–Crippen MR) is 146 cm³/mol. The van der Waals surface area contributed by atoms with Gasteiger partial charge < -0.3 is 34.2 Å². The van der Waals surface area contributed by atoms with Crippen molar-refractivity contribution in [1.29, 1.82) is 0 Å². The van der Waals surface area contributed by atoms with E-state index >= 15 is 0 Å². The highest BCUT2D eigenvalue weighted by molar-refractivity contribution is 5.05. The number of ether oxygens (including phenoxy) is 6. The molecule has 0 aliphatic carbocycles. The van der Waals surface area contributed by atoms with Crippen molar-refractivity contribution in [2.24, 2.45) is 11.1 Å². The number of rotatable bonds is 24. The fraction of sp³-hybridized carbons (Fsp3) is 1.00. The van der Waals surface area contributed by atoms with Gasteiger partial charge in [0.1, 0.15) is 25.9 Å². The van der Waals surface area contributed by atoms with E-state index in [1.807, 2.05) is 5.12 Å². The molecule has 1 saturated heterocycles. The van der Waals surface area contributed by atoms with E-state index < -0.39 is 11.1 Å². The standard InChI is InChI=1S/C27H58N4O6/c1-7-13-32-20-26(21-33-14-8-2)19-29(23-35-16-10-4)31(25-37-18-12-6)30(24-36-17-11-5)27(26,28)22-34-15-9-3/h7-25,28H2,1-6H3. The van der Waals surface area contributed by atoms with Crippen molar-refractivity contribution in [3.05, 3.63) is 0 Å². The van der Waals surface area contributed by atoms with Crippen LogP contribution < -0.4 is 5.73 Å². The molecule has 0 radical (unpaired) electrons. The maximum Gasteiger partial charge on any atom is 0.127 e. The maximum atomic E-state index is 7.48. The van der Waals surface area contributed by atoms with E-state index in [1.54, 1.807) is 0 Å².